The lowest BCUT2D eigenvalue weighted by Gasteiger charge is -2.20. The Morgan fingerprint density at radius 1 is 1.24 bits per heavy atom. The van der Waals surface area contributed by atoms with E-state index in [0.29, 0.717) is 11.3 Å². The molecule has 9 heteroatoms. The highest BCUT2D eigenvalue weighted by Gasteiger charge is 2.30. The van der Waals surface area contributed by atoms with E-state index in [1.165, 1.54) is 22.9 Å². The number of hydrogen-bond donors (Lipinski definition) is 1. The number of halogens is 3. The summed E-state index contributed by atoms with van der Waals surface area (Å²) in [6, 6.07) is 5.74. The van der Waals surface area contributed by atoms with Gasteiger partial charge in [-0.1, -0.05) is 12.1 Å². The van der Waals surface area contributed by atoms with Crippen LogP contribution in [0.5, 0.6) is 0 Å². The van der Waals surface area contributed by atoms with Gasteiger partial charge in [-0.3, -0.25) is 14.3 Å². The van der Waals surface area contributed by atoms with Gasteiger partial charge in [-0.25, -0.2) is 0 Å². The molecule has 0 saturated carbocycles. The van der Waals surface area contributed by atoms with Gasteiger partial charge in [-0.15, -0.1) is 0 Å². The zero-order chi connectivity index (χ0) is 18.8. The van der Waals surface area contributed by atoms with Crippen molar-refractivity contribution in [3.8, 4) is 0 Å². The van der Waals surface area contributed by atoms with Gasteiger partial charge in [0.15, 0.2) is 5.69 Å². The van der Waals surface area contributed by atoms with Crippen LogP contribution in [0.25, 0.3) is 0 Å². The van der Waals surface area contributed by atoms with Gasteiger partial charge in [0.25, 0.3) is 5.91 Å². The van der Waals surface area contributed by atoms with Crippen LogP contribution in [-0.2, 0) is 24.6 Å². The normalized spacial score (nSPS) is 11.4. The number of benzene rings is 1. The molecule has 0 saturated heterocycles. The number of amides is 1. The maximum absolute atomic E-state index is 12.6. The zero-order valence-electron chi connectivity index (χ0n) is 13.5. The Labute approximate surface area is 141 Å². The lowest BCUT2D eigenvalue weighted by molar-refractivity contribution is -0.138. The van der Waals surface area contributed by atoms with E-state index in [0.717, 1.165) is 17.0 Å². The van der Waals surface area contributed by atoms with Crippen molar-refractivity contribution in [3.63, 3.8) is 0 Å². The summed E-state index contributed by atoms with van der Waals surface area (Å²) in [4.78, 5) is 24.5. The Hall–Kier alpha value is -2.84. The fourth-order valence-electron chi connectivity index (χ4n) is 2.21. The predicted molar refractivity (Wildman–Crippen MR) is 81.8 cm³/mol. The number of hydrogen-bond acceptors (Lipinski definition) is 3. The molecular formula is C16H16F3N3O3. The summed E-state index contributed by atoms with van der Waals surface area (Å²) in [6.45, 7) is 1.01. The average molecular weight is 355 g/mol. The van der Waals surface area contributed by atoms with Crippen LogP contribution in [0.3, 0.4) is 0 Å². The molecule has 0 aliphatic carbocycles. The van der Waals surface area contributed by atoms with E-state index in [9.17, 15) is 22.8 Å². The first-order valence-electron chi connectivity index (χ1n) is 7.26. The first-order valence-corrected chi connectivity index (χ1v) is 7.26. The monoisotopic (exact) mass is 355 g/mol. The molecule has 134 valence electrons. The molecule has 0 fully saturated rings. The van der Waals surface area contributed by atoms with Crippen molar-refractivity contribution in [1.29, 1.82) is 0 Å². The second-order valence-electron chi connectivity index (χ2n) is 5.54. The van der Waals surface area contributed by atoms with E-state index in [-0.39, 0.29) is 12.2 Å². The molecule has 0 aliphatic heterocycles. The van der Waals surface area contributed by atoms with E-state index in [1.54, 1.807) is 14.0 Å². The van der Waals surface area contributed by atoms with Crippen LogP contribution in [0.15, 0.2) is 30.3 Å². The summed E-state index contributed by atoms with van der Waals surface area (Å²) in [6.07, 6.45) is -4.46. The molecule has 1 aromatic carbocycles. The van der Waals surface area contributed by atoms with E-state index in [4.69, 9.17) is 5.11 Å². The number of aryl methyl sites for hydroxylation is 2. The maximum Gasteiger partial charge on any atom is 0.416 e. The molecule has 1 N–H and O–H groups in total. The van der Waals surface area contributed by atoms with Gasteiger partial charge in [0.2, 0.25) is 0 Å². The fraction of sp³-hybridized carbons (Fsp3) is 0.312. The van der Waals surface area contributed by atoms with Crippen molar-refractivity contribution in [1.82, 2.24) is 14.7 Å². The molecule has 0 radical (unpaired) electrons. The lowest BCUT2D eigenvalue weighted by Crippen LogP contribution is -2.35. The molecule has 0 aliphatic rings. The summed E-state index contributed by atoms with van der Waals surface area (Å²) < 4.78 is 39.2. The van der Waals surface area contributed by atoms with E-state index in [2.05, 4.69) is 5.10 Å². The Bertz CT molecular complexity index is 763. The predicted octanol–water partition coefficient (Wildman–Crippen LogP) is 2.47. The number of nitrogens with zero attached hydrogens (tertiary/aromatic N) is 3. The zero-order valence-corrected chi connectivity index (χ0v) is 13.5. The van der Waals surface area contributed by atoms with Gasteiger partial charge in [-0.05, 0) is 30.7 Å². The molecule has 6 nitrogen and oxygen atoms in total. The smallest absolute Gasteiger partial charge is 0.416 e. The largest absolute Gasteiger partial charge is 0.480 e. The highest BCUT2D eigenvalue weighted by Crippen LogP contribution is 2.29. The van der Waals surface area contributed by atoms with Gasteiger partial charge in [0.1, 0.15) is 6.54 Å². The lowest BCUT2D eigenvalue weighted by atomic mass is 10.1. The molecule has 1 heterocycles. The first kappa shape index (κ1) is 18.5. The van der Waals surface area contributed by atoms with Crippen molar-refractivity contribution in [3.05, 3.63) is 52.8 Å². The third kappa shape index (κ3) is 4.59. The molecule has 1 amide bonds. The van der Waals surface area contributed by atoms with E-state index >= 15 is 0 Å². The molecule has 25 heavy (non-hydrogen) atoms. The van der Waals surface area contributed by atoms with Crippen molar-refractivity contribution in [2.45, 2.75) is 19.6 Å². The Balaban J connectivity index is 2.23. The number of carbonyl (C=O) groups excluding carboxylic acids is 1. The van der Waals surface area contributed by atoms with Crippen LogP contribution < -0.4 is 0 Å². The second-order valence-corrected chi connectivity index (χ2v) is 5.54. The van der Waals surface area contributed by atoms with Crippen LogP contribution in [0.2, 0.25) is 0 Å². The number of carbonyl (C=O) groups is 2. The fourth-order valence-corrected chi connectivity index (χ4v) is 2.21. The quantitative estimate of drug-likeness (QED) is 0.894. The van der Waals surface area contributed by atoms with Crippen molar-refractivity contribution in [2.24, 2.45) is 7.05 Å². The third-order valence-electron chi connectivity index (χ3n) is 3.60. The van der Waals surface area contributed by atoms with Crippen molar-refractivity contribution >= 4 is 11.9 Å². The number of carboxylic acids is 1. The molecule has 1 aromatic heterocycles. The van der Waals surface area contributed by atoms with Crippen molar-refractivity contribution < 1.29 is 27.9 Å². The highest BCUT2D eigenvalue weighted by atomic mass is 19.4. The molecule has 2 rings (SSSR count). The number of aromatic nitrogens is 2. The minimum atomic E-state index is -4.46. The third-order valence-corrected chi connectivity index (χ3v) is 3.60. The second kappa shape index (κ2) is 6.96. The summed E-state index contributed by atoms with van der Waals surface area (Å²) in [5.41, 5.74) is 0.365. The van der Waals surface area contributed by atoms with E-state index in [1.807, 2.05) is 0 Å². The molecule has 0 unspecified atom stereocenters. The standard InChI is InChI=1S/C16H16F3N3O3/c1-10-7-13(20-21(10)2)15(25)22(9-14(23)24)8-11-3-5-12(6-4-11)16(17,18)19/h3-7H,8-9H2,1-2H3,(H,23,24). The van der Waals surface area contributed by atoms with Crippen LogP contribution in [0.4, 0.5) is 13.2 Å². The minimum Gasteiger partial charge on any atom is -0.480 e. The first-order chi connectivity index (χ1) is 11.6. The average Bonchev–Trinajstić information content (AvgIpc) is 2.84. The number of alkyl halides is 3. The van der Waals surface area contributed by atoms with Crippen LogP contribution in [0, 0.1) is 6.92 Å². The SMILES string of the molecule is Cc1cc(C(=O)N(CC(=O)O)Cc2ccc(C(F)(F)F)cc2)nn1C. The molecular weight excluding hydrogens is 339 g/mol. The van der Waals surface area contributed by atoms with Gasteiger partial charge >= 0.3 is 12.1 Å². The highest BCUT2D eigenvalue weighted by molar-refractivity contribution is 5.94. The van der Waals surface area contributed by atoms with Gasteiger partial charge in [0.05, 0.1) is 5.56 Å². The van der Waals surface area contributed by atoms with Gasteiger partial charge < -0.3 is 10.0 Å². The summed E-state index contributed by atoms with van der Waals surface area (Å²) in [5, 5.41) is 13.0. The molecule has 0 spiro atoms. The number of rotatable bonds is 5. The summed E-state index contributed by atoms with van der Waals surface area (Å²) in [5.74, 6) is -1.83. The molecule has 2 aromatic rings. The van der Waals surface area contributed by atoms with Crippen LogP contribution >= 0.6 is 0 Å². The van der Waals surface area contributed by atoms with Crippen LogP contribution in [0.1, 0.15) is 27.3 Å². The summed E-state index contributed by atoms with van der Waals surface area (Å²) in [7, 11) is 1.64. The Morgan fingerprint density at radius 3 is 2.28 bits per heavy atom. The van der Waals surface area contributed by atoms with Crippen LogP contribution in [-0.4, -0.2) is 38.2 Å². The number of aliphatic carboxylic acids is 1. The summed E-state index contributed by atoms with van der Waals surface area (Å²) >= 11 is 0. The number of carboxylic acid groups (broad SMARTS) is 1. The molecule has 0 bridgehead atoms. The maximum atomic E-state index is 12.6. The Kier molecular flexibility index (Phi) is 5.15. The molecule has 0 atom stereocenters. The van der Waals surface area contributed by atoms with E-state index < -0.39 is 30.2 Å². The topological polar surface area (TPSA) is 75.4 Å². The Morgan fingerprint density at radius 2 is 1.84 bits per heavy atom. The van der Waals surface area contributed by atoms with Crippen molar-refractivity contribution in [2.75, 3.05) is 6.54 Å². The van der Waals surface area contributed by atoms with Gasteiger partial charge in [0, 0.05) is 19.3 Å². The van der Waals surface area contributed by atoms with Gasteiger partial charge in [-0.2, -0.15) is 18.3 Å². The minimum absolute atomic E-state index is 0.0770.